The molecule has 0 bridgehead atoms. The number of nitrogens with one attached hydrogen (secondary N) is 1. The van der Waals surface area contributed by atoms with Gasteiger partial charge >= 0.3 is 0 Å². The lowest BCUT2D eigenvalue weighted by Gasteiger charge is -2.07. The lowest BCUT2D eigenvalue weighted by Crippen LogP contribution is -2.05. The molecule has 0 aliphatic rings. The van der Waals surface area contributed by atoms with Crippen molar-refractivity contribution in [2.24, 2.45) is 0 Å². The quantitative estimate of drug-likeness (QED) is 0.710. The number of hydrogen-bond acceptors (Lipinski definition) is 4. The molecule has 3 rings (SSSR count). The van der Waals surface area contributed by atoms with Gasteiger partial charge in [0.25, 0.3) is 0 Å². The third-order valence-corrected chi connectivity index (χ3v) is 3.49. The van der Waals surface area contributed by atoms with Crippen LogP contribution in [0.4, 0.5) is 5.82 Å². The van der Waals surface area contributed by atoms with Gasteiger partial charge in [-0.15, -0.1) is 0 Å². The second kappa shape index (κ2) is 6.37. The summed E-state index contributed by atoms with van der Waals surface area (Å²) in [4.78, 5) is 15.9. The average molecular weight is 292 g/mol. The van der Waals surface area contributed by atoms with Crippen molar-refractivity contribution in [3.05, 3.63) is 71.8 Å². The zero-order valence-corrected chi connectivity index (χ0v) is 12.0. The van der Waals surface area contributed by atoms with E-state index in [-0.39, 0.29) is 5.78 Å². The summed E-state index contributed by atoms with van der Waals surface area (Å²) in [6, 6.07) is 19.2. The highest BCUT2D eigenvalue weighted by molar-refractivity contribution is 5.96. The van der Waals surface area contributed by atoms with Crippen LogP contribution in [0.3, 0.4) is 0 Å². The lowest BCUT2D eigenvalue weighted by atomic mass is 10.1. The van der Waals surface area contributed by atoms with Crippen LogP contribution < -0.4 is 5.32 Å². The van der Waals surface area contributed by atoms with Crippen molar-refractivity contribution in [1.29, 1.82) is 0 Å². The number of pyridine rings is 1. The molecule has 4 nitrogen and oxygen atoms in total. The van der Waals surface area contributed by atoms with Gasteiger partial charge in [0.1, 0.15) is 12.4 Å². The number of hydrogen-bond donors (Lipinski definition) is 2. The first kappa shape index (κ1) is 14.2. The Morgan fingerprint density at radius 3 is 2.55 bits per heavy atom. The van der Waals surface area contributed by atoms with Gasteiger partial charge in [-0.3, -0.25) is 4.79 Å². The number of aliphatic hydroxyl groups is 1. The molecule has 0 saturated heterocycles. The molecule has 2 aromatic carbocycles. The van der Waals surface area contributed by atoms with Crippen LogP contribution in [0.1, 0.15) is 15.9 Å². The number of nitrogens with zero attached hydrogens (tertiary/aromatic N) is 1. The van der Waals surface area contributed by atoms with Gasteiger partial charge in [0.2, 0.25) is 0 Å². The average Bonchev–Trinajstić information content (AvgIpc) is 2.59. The van der Waals surface area contributed by atoms with Gasteiger partial charge in [-0.05, 0) is 23.8 Å². The Labute approximate surface area is 128 Å². The molecule has 4 heteroatoms. The van der Waals surface area contributed by atoms with E-state index in [4.69, 9.17) is 5.11 Å². The molecule has 0 atom stereocenters. The first-order valence-corrected chi connectivity index (χ1v) is 7.09. The molecule has 22 heavy (non-hydrogen) atoms. The van der Waals surface area contributed by atoms with Crippen molar-refractivity contribution in [3.63, 3.8) is 0 Å². The zero-order chi connectivity index (χ0) is 15.4. The number of anilines is 1. The van der Waals surface area contributed by atoms with Crippen LogP contribution in [0.25, 0.3) is 10.9 Å². The number of aliphatic hydroxyl groups excluding tert-OH is 1. The summed E-state index contributed by atoms with van der Waals surface area (Å²) in [5.41, 5.74) is 2.52. The molecular formula is C18H16N2O2. The van der Waals surface area contributed by atoms with Crippen LogP contribution in [-0.4, -0.2) is 22.5 Å². The monoisotopic (exact) mass is 292 g/mol. The zero-order valence-electron chi connectivity index (χ0n) is 12.0. The van der Waals surface area contributed by atoms with E-state index >= 15 is 0 Å². The van der Waals surface area contributed by atoms with Crippen LogP contribution in [0.5, 0.6) is 0 Å². The first-order valence-electron chi connectivity index (χ1n) is 7.09. The molecule has 110 valence electrons. The van der Waals surface area contributed by atoms with E-state index in [0.717, 1.165) is 22.3 Å². The third kappa shape index (κ3) is 3.13. The molecule has 2 N–H and O–H groups in total. The van der Waals surface area contributed by atoms with E-state index < -0.39 is 6.61 Å². The molecule has 0 unspecified atom stereocenters. The number of rotatable bonds is 5. The van der Waals surface area contributed by atoms with Crippen LogP contribution >= 0.6 is 0 Å². The van der Waals surface area contributed by atoms with Crippen molar-refractivity contribution >= 4 is 22.5 Å². The predicted octanol–water partition coefficient (Wildman–Crippen LogP) is 3.02. The number of benzene rings is 2. The Morgan fingerprint density at radius 2 is 1.77 bits per heavy atom. The Hall–Kier alpha value is -2.72. The highest BCUT2D eigenvalue weighted by Gasteiger charge is 2.03. The van der Waals surface area contributed by atoms with Crippen molar-refractivity contribution in [1.82, 2.24) is 4.98 Å². The molecule has 0 fully saturated rings. The van der Waals surface area contributed by atoms with Crippen LogP contribution in [-0.2, 0) is 6.54 Å². The van der Waals surface area contributed by atoms with Crippen molar-refractivity contribution in [2.45, 2.75) is 6.54 Å². The van der Waals surface area contributed by atoms with Crippen molar-refractivity contribution in [3.8, 4) is 0 Å². The van der Waals surface area contributed by atoms with E-state index in [2.05, 4.69) is 10.3 Å². The lowest BCUT2D eigenvalue weighted by molar-refractivity contribution is 0.0903. The number of carbonyl (C=O) groups is 1. The Balaban J connectivity index is 1.69. The van der Waals surface area contributed by atoms with Gasteiger partial charge in [0.15, 0.2) is 5.78 Å². The second-order valence-corrected chi connectivity index (χ2v) is 5.02. The number of para-hydroxylation sites is 1. The SMILES string of the molecule is O=C(CO)c1ccc(CNc2ccc3ccccc3n2)cc1. The molecule has 0 aliphatic carbocycles. The molecule has 0 saturated carbocycles. The van der Waals surface area contributed by atoms with Gasteiger partial charge in [-0.2, -0.15) is 0 Å². The third-order valence-electron chi connectivity index (χ3n) is 3.49. The molecule has 0 aliphatic heterocycles. The number of carbonyl (C=O) groups excluding carboxylic acids is 1. The molecule has 1 heterocycles. The van der Waals surface area contributed by atoms with Gasteiger partial charge < -0.3 is 10.4 Å². The molecular weight excluding hydrogens is 276 g/mol. The fourth-order valence-corrected chi connectivity index (χ4v) is 2.26. The minimum Gasteiger partial charge on any atom is -0.388 e. The van der Waals surface area contributed by atoms with Crippen molar-refractivity contribution < 1.29 is 9.90 Å². The largest absolute Gasteiger partial charge is 0.388 e. The summed E-state index contributed by atoms with van der Waals surface area (Å²) in [6.07, 6.45) is 0. The van der Waals surface area contributed by atoms with E-state index in [9.17, 15) is 4.79 Å². The van der Waals surface area contributed by atoms with E-state index in [0.29, 0.717) is 12.1 Å². The molecule has 1 aromatic heterocycles. The number of aromatic nitrogens is 1. The minimum absolute atomic E-state index is 0.268. The Kier molecular flexibility index (Phi) is 4.12. The summed E-state index contributed by atoms with van der Waals surface area (Å²) in [5, 5.41) is 13.2. The number of fused-ring (bicyclic) bond motifs is 1. The van der Waals surface area contributed by atoms with Gasteiger partial charge in [-0.25, -0.2) is 4.98 Å². The standard InChI is InChI=1S/C18H16N2O2/c21-12-17(22)15-7-5-13(6-8-15)11-19-18-10-9-14-3-1-2-4-16(14)20-18/h1-10,21H,11-12H2,(H,19,20). The van der Waals surface area contributed by atoms with Gasteiger partial charge in [0.05, 0.1) is 5.52 Å². The number of Topliss-reactive ketones (excluding diaryl/α,β-unsaturated/α-hetero) is 1. The number of ketones is 1. The van der Waals surface area contributed by atoms with Gasteiger partial charge in [0, 0.05) is 17.5 Å². The summed E-state index contributed by atoms with van der Waals surface area (Å²) in [5.74, 6) is 0.546. The summed E-state index contributed by atoms with van der Waals surface area (Å²) in [7, 11) is 0. The summed E-state index contributed by atoms with van der Waals surface area (Å²) < 4.78 is 0. The molecule has 0 radical (unpaired) electrons. The summed E-state index contributed by atoms with van der Waals surface area (Å²) >= 11 is 0. The van der Waals surface area contributed by atoms with Gasteiger partial charge in [-0.1, -0.05) is 42.5 Å². The van der Waals surface area contributed by atoms with E-state index in [1.54, 1.807) is 12.1 Å². The minimum atomic E-state index is -0.460. The van der Waals surface area contributed by atoms with Crippen LogP contribution in [0.15, 0.2) is 60.7 Å². The van der Waals surface area contributed by atoms with E-state index in [1.165, 1.54) is 0 Å². The highest BCUT2D eigenvalue weighted by atomic mass is 16.3. The smallest absolute Gasteiger partial charge is 0.188 e. The Bertz CT molecular complexity index is 798. The highest BCUT2D eigenvalue weighted by Crippen LogP contribution is 2.15. The first-order chi connectivity index (χ1) is 10.8. The van der Waals surface area contributed by atoms with Crippen molar-refractivity contribution in [2.75, 3.05) is 11.9 Å². The maximum atomic E-state index is 11.4. The maximum absolute atomic E-state index is 11.4. The predicted molar refractivity (Wildman–Crippen MR) is 86.9 cm³/mol. The van der Waals surface area contributed by atoms with E-state index in [1.807, 2.05) is 48.5 Å². The summed E-state index contributed by atoms with van der Waals surface area (Å²) in [6.45, 7) is 0.164. The fourth-order valence-electron chi connectivity index (χ4n) is 2.26. The maximum Gasteiger partial charge on any atom is 0.188 e. The van der Waals surface area contributed by atoms with Crippen LogP contribution in [0.2, 0.25) is 0 Å². The Morgan fingerprint density at radius 1 is 1.00 bits per heavy atom. The fraction of sp³-hybridized carbons (Fsp3) is 0.111. The molecule has 0 spiro atoms. The molecule has 0 amide bonds. The normalized spacial score (nSPS) is 10.6. The topological polar surface area (TPSA) is 62.2 Å². The molecule has 3 aromatic rings. The van der Waals surface area contributed by atoms with Crippen LogP contribution in [0, 0.1) is 0 Å². The second-order valence-electron chi connectivity index (χ2n) is 5.02.